The molecule has 0 bridgehead atoms. The van der Waals surface area contributed by atoms with E-state index < -0.39 is 11.5 Å². The molecule has 0 spiro atoms. The maximum atomic E-state index is 11.6. The highest BCUT2D eigenvalue weighted by molar-refractivity contribution is 8.93. The summed E-state index contributed by atoms with van der Waals surface area (Å²) in [5, 5.41) is 0. The summed E-state index contributed by atoms with van der Waals surface area (Å²) in [7, 11) is 0. The van der Waals surface area contributed by atoms with Crippen molar-refractivity contribution < 1.29 is 4.79 Å². The molecule has 0 aliphatic heterocycles. The molecule has 7 nitrogen and oxygen atoms in total. The van der Waals surface area contributed by atoms with Crippen molar-refractivity contribution in [1.82, 2.24) is 19.5 Å². The number of rotatable bonds is 0. The van der Waals surface area contributed by atoms with Gasteiger partial charge in [-0.2, -0.15) is 4.98 Å². The molecule has 15 heavy (non-hydrogen) atoms. The molecule has 0 unspecified atom stereocenters. The van der Waals surface area contributed by atoms with E-state index in [9.17, 15) is 9.59 Å². The first kappa shape index (κ1) is 11.4. The molecular weight excluding hydrogens is 266 g/mol. The quantitative estimate of drug-likeness (QED) is 0.699. The highest BCUT2D eigenvalue weighted by atomic mass is 79.9. The molecule has 0 aliphatic rings. The van der Waals surface area contributed by atoms with Crippen molar-refractivity contribution in [2.75, 3.05) is 5.73 Å². The number of anilines is 1. The number of nitrogens with zero attached hydrogens (tertiary/aromatic N) is 3. The molecule has 8 heteroatoms. The fourth-order valence-corrected chi connectivity index (χ4v) is 1.21. The fourth-order valence-electron chi connectivity index (χ4n) is 1.21. The highest BCUT2D eigenvalue weighted by Crippen LogP contribution is 2.03. The predicted octanol–water partition coefficient (Wildman–Crippen LogP) is -0.0602. The molecule has 0 fully saturated rings. The smallest absolute Gasteiger partial charge is 0.289 e. The van der Waals surface area contributed by atoms with Crippen molar-refractivity contribution >= 4 is 40.0 Å². The number of hydrogen-bond acceptors (Lipinski definition) is 5. The van der Waals surface area contributed by atoms with E-state index in [1.165, 1.54) is 13.3 Å². The molecule has 0 radical (unpaired) electrons. The minimum atomic E-state index is -0.554. The fraction of sp³-hybridized carbons (Fsp3) is 0.143. The van der Waals surface area contributed by atoms with Crippen LogP contribution >= 0.6 is 17.0 Å². The van der Waals surface area contributed by atoms with Crippen molar-refractivity contribution in [2.45, 2.75) is 6.92 Å². The van der Waals surface area contributed by atoms with Crippen LogP contribution in [0, 0.1) is 0 Å². The molecule has 0 atom stereocenters. The molecule has 80 valence electrons. The van der Waals surface area contributed by atoms with Crippen LogP contribution in [0.2, 0.25) is 0 Å². The lowest BCUT2D eigenvalue weighted by Gasteiger charge is -2.02. The van der Waals surface area contributed by atoms with Crippen LogP contribution in [0.4, 0.5) is 5.95 Å². The Bertz CT molecular complexity index is 572. The molecule has 2 heterocycles. The van der Waals surface area contributed by atoms with Crippen molar-refractivity contribution in [1.29, 1.82) is 0 Å². The second-order valence-corrected chi connectivity index (χ2v) is 2.73. The maximum absolute atomic E-state index is 11.6. The summed E-state index contributed by atoms with van der Waals surface area (Å²) in [6, 6.07) is 0. The van der Waals surface area contributed by atoms with Crippen molar-refractivity contribution in [3.05, 3.63) is 16.7 Å². The Morgan fingerprint density at radius 2 is 2.27 bits per heavy atom. The number of carbonyl (C=O) groups excluding carboxylic acids is 1. The molecule has 2 aromatic rings. The molecule has 0 amide bonds. The molecule has 0 aromatic carbocycles. The average Bonchev–Trinajstić information content (AvgIpc) is 2.50. The Morgan fingerprint density at radius 1 is 1.60 bits per heavy atom. The zero-order valence-corrected chi connectivity index (χ0v) is 9.43. The predicted molar refractivity (Wildman–Crippen MR) is 59.2 cm³/mol. The van der Waals surface area contributed by atoms with E-state index in [-0.39, 0.29) is 34.1 Å². The first-order chi connectivity index (χ1) is 6.61. The normalized spacial score (nSPS) is 9.93. The van der Waals surface area contributed by atoms with E-state index in [0.717, 1.165) is 4.57 Å². The van der Waals surface area contributed by atoms with Crippen LogP contribution in [-0.4, -0.2) is 25.4 Å². The van der Waals surface area contributed by atoms with Crippen LogP contribution in [0.25, 0.3) is 11.2 Å². The summed E-state index contributed by atoms with van der Waals surface area (Å²) in [5.74, 6) is -0.621. The van der Waals surface area contributed by atoms with Gasteiger partial charge < -0.3 is 10.7 Å². The van der Waals surface area contributed by atoms with E-state index >= 15 is 0 Å². The van der Waals surface area contributed by atoms with Crippen LogP contribution in [-0.2, 0) is 0 Å². The number of imidazole rings is 1. The summed E-state index contributed by atoms with van der Waals surface area (Å²) in [5.41, 5.74) is 5.26. The SMILES string of the molecule is Br.CC(=O)n1c(N)nc2[nH]cnc2c1=O. The Hall–Kier alpha value is -1.70. The third kappa shape index (κ3) is 1.63. The van der Waals surface area contributed by atoms with Gasteiger partial charge in [-0.1, -0.05) is 0 Å². The number of aromatic amines is 1. The Morgan fingerprint density at radius 3 is 2.87 bits per heavy atom. The van der Waals surface area contributed by atoms with Crippen LogP contribution in [0.3, 0.4) is 0 Å². The second-order valence-electron chi connectivity index (χ2n) is 2.73. The number of nitrogen functional groups attached to an aromatic ring is 1. The van der Waals surface area contributed by atoms with Crippen LogP contribution < -0.4 is 11.3 Å². The van der Waals surface area contributed by atoms with Crippen LogP contribution in [0.15, 0.2) is 11.1 Å². The number of aromatic nitrogens is 4. The molecule has 0 aliphatic carbocycles. The van der Waals surface area contributed by atoms with Gasteiger partial charge in [0.15, 0.2) is 11.2 Å². The van der Waals surface area contributed by atoms with E-state index in [2.05, 4.69) is 15.0 Å². The second kappa shape index (κ2) is 3.81. The number of H-pyrrole nitrogens is 1. The molecule has 0 saturated carbocycles. The number of fused-ring (bicyclic) bond motifs is 1. The average molecular weight is 274 g/mol. The minimum Gasteiger partial charge on any atom is -0.369 e. The zero-order chi connectivity index (χ0) is 10.3. The molecule has 2 aromatic heterocycles. The minimum absolute atomic E-state index is 0. The number of nitrogens with two attached hydrogens (primary N) is 1. The summed E-state index contributed by atoms with van der Waals surface area (Å²) >= 11 is 0. The lowest BCUT2D eigenvalue weighted by Crippen LogP contribution is -2.28. The van der Waals surface area contributed by atoms with Crippen molar-refractivity contribution in [3.63, 3.8) is 0 Å². The topological polar surface area (TPSA) is 107 Å². The van der Waals surface area contributed by atoms with Gasteiger partial charge in [0.2, 0.25) is 11.9 Å². The van der Waals surface area contributed by atoms with E-state index in [4.69, 9.17) is 5.73 Å². The molecular formula is C7H8BrN5O2. The third-order valence-electron chi connectivity index (χ3n) is 1.80. The summed E-state index contributed by atoms with van der Waals surface area (Å²) in [6.45, 7) is 1.23. The van der Waals surface area contributed by atoms with Gasteiger partial charge in [-0.3, -0.25) is 9.59 Å². The van der Waals surface area contributed by atoms with Gasteiger partial charge in [0.1, 0.15) is 0 Å². The van der Waals surface area contributed by atoms with E-state index in [0.29, 0.717) is 0 Å². The number of hydrogen-bond donors (Lipinski definition) is 2. The number of carbonyl (C=O) groups is 1. The van der Waals surface area contributed by atoms with Gasteiger partial charge in [-0.25, -0.2) is 9.55 Å². The number of nitrogens with one attached hydrogen (secondary N) is 1. The highest BCUT2D eigenvalue weighted by Gasteiger charge is 2.12. The van der Waals surface area contributed by atoms with E-state index in [1.807, 2.05) is 0 Å². The monoisotopic (exact) mass is 273 g/mol. The largest absolute Gasteiger partial charge is 0.369 e. The lowest BCUT2D eigenvalue weighted by molar-refractivity contribution is 0.0934. The zero-order valence-electron chi connectivity index (χ0n) is 7.72. The van der Waals surface area contributed by atoms with Crippen LogP contribution in [0.1, 0.15) is 11.7 Å². The maximum Gasteiger partial charge on any atom is 0.289 e. The van der Waals surface area contributed by atoms with Gasteiger partial charge >= 0.3 is 0 Å². The molecule has 2 rings (SSSR count). The summed E-state index contributed by atoms with van der Waals surface area (Å²) in [4.78, 5) is 32.9. The van der Waals surface area contributed by atoms with Gasteiger partial charge in [0.25, 0.3) is 5.56 Å². The third-order valence-corrected chi connectivity index (χ3v) is 1.80. The summed E-state index contributed by atoms with van der Waals surface area (Å²) in [6.07, 6.45) is 1.32. The van der Waals surface area contributed by atoms with Gasteiger partial charge in [0.05, 0.1) is 6.33 Å². The Labute approximate surface area is 94.1 Å². The molecule has 0 saturated heterocycles. The van der Waals surface area contributed by atoms with Gasteiger partial charge in [-0.05, 0) is 0 Å². The van der Waals surface area contributed by atoms with Crippen molar-refractivity contribution in [3.8, 4) is 0 Å². The summed E-state index contributed by atoms with van der Waals surface area (Å²) < 4.78 is 0.781. The van der Waals surface area contributed by atoms with E-state index in [1.54, 1.807) is 0 Å². The first-order valence-electron chi connectivity index (χ1n) is 3.84. The number of halogens is 1. The lowest BCUT2D eigenvalue weighted by atomic mass is 10.5. The van der Waals surface area contributed by atoms with Crippen molar-refractivity contribution in [2.24, 2.45) is 0 Å². The Kier molecular flexibility index (Phi) is 2.89. The van der Waals surface area contributed by atoms with Crippen LogP contribution in [0.5, 0.6) is 0 Å². The standard InChI is InChI=1S/C7H7N5O2.BrH/c1-3(13)12-6(14)4-5(10-2-9-4)11-7(12)8;/h2H,1H3,(H2,8,11)(H,9,10);1H. The van der Waals surface area contributed by atoms with Gasteiger partial charge in [-0.15, -0.1) is 17.0 Å². The molecule has 3 N–H and O–H groups in total. The Balaban J connectivity index is 0.00000112. The van der Waals surface area contributed by atoms with Gasteiger partial charge in [0, 0.05) is 6.92 Å². The first-order valence-corrected chi connectivity index (χ1v) is 3.84.